The summed E-state index contributed by atoms with van der Waals surface area (Å²) in [5, 5.41) is 7.20. The standard InChI is InChI=1S/C16H19Cl2N3O2/c1-3-9-6-12(16(22)20-8(9)2)19-7-13-21-14-10(17)4-5-11(18)15(14)23-13/h4-5,8-9,12,19H,3,6-7H2,1-2H3,(H,20,22). The number of fused-ring (bicyclic) bond motifs is 1. The molecule has 0 spiro atoms. The van der Waals surface area contributed by atoms with Crippen LogP contribution in [-0.2, 0) is 11.3 Å². The summed E-state index contributed by atoms with van der Waals surface area (Å²) in [5.41, 5.74) is 1.02. The second kappa shape index (κ2) is 6.67. The van der Waals surface area contributed by atoms with Crippen molar-refractivity contribution in [3.8, 4) is 0 Å². The van der Waals surface area contributed by atoms with Crippen molar-refractivity contribution in [2.75, 3.05) is 0 Å². The van der Waals surface area contributed by atoms with Crippen molar-refractivity contribution in [3.05, 3.63) is 28.1 Å². The molecule has 3 atom stereocenters. The molecule has 3 unspecified atom stereocenters. The quantitative estimate of drug-likeness (QED) is 0.880. The van der Waals surface area contributed by atoms with Gasteiger partial charge in [-0.15, -0.1) is 0 Å². The van der Waals surface area contributed by atoms with E-state index < -0.39 is 0 Å². The molecule has 0 bridgehead atoms. The number of nitrogens with one attached hydrogen (secondary N) is 2. The van der Waals surface area contributed by atoms with Gasteiger partial charge in [-0.05, 0) is 31.4 Å². The highest BCUT2D eigenvalue weighted by Gasteiger charge is 2.32. The number of oxazole rings is 1. The van der Waals surface area contributed by atoms with Gasteiger partial charge < -0.3 is 9.73 Å². The zero-order valence-electron chi connectivity index (χ0n) is 13.0. The van der Waals surface area contributed by atoms with E-state index in [9.17, 15) is 4.79 Å². The van der Waals surface area contributed by atoms with Gasteiger partial charge in [-0.25, -0.2) is 4.98 Å². The summed E-state index contributed by atoms with van der Waals surface area (Å²) in [6, 6.07) is 3.34. The van der Waals surface area contributed by atoms with Crippen molar-refractivity contribution >= 4 is 40.2 Å². The van der Waals surface area contributed by atoms with Crippen LogP contribution in [0.5, 0.6) is 0 Å². The normalized spacial score (nSPS) is 24.9. The lowest BCUT2D eigenvalue weighted by Crippen LogP contribution is -2.55. The number of aromatic nitrogens is 1. The number of amides is 1. The maximum absolute atomic E-state index is 12.1. The predicted molar refractivity (Wildman–Crippen MR) is 90.7 cm³/mol. The molecule has 1 aromatic heterocycles. The molecule has 23 heavy (non-hydrogen) atoms. The van der Waals surface area contributed by atoms with E-state index in [1.807, 2.05) is 6.92 Å². The summed E-state index contributed by atoms with van der Waals surface area (Å²) in [7, 11) is 0. The lowest BCUT2D eigenvalue weighted by molar-refractivity contribution is -0.126. The van der Waals surface area contributed by atoms with Gasteiger partial charge in [-0.2, -0.15) is 0 Å². The lowest BCUT2D eigenvalue weighted by atomic mass is 9.87. The van der Waals surface area contributed by atoms with Crippen molar-refractivity contribution in [1.82, 2.24) is 15.6 Å². The highest BCUT2D eigenvalue weighted by molar-refractivity contribution is 6.39. The Bertz CT molecular complexity index is 692. The molecule has 1 saturated heterocycles. The van der Waals surface area contributed by atoms with Crippen LogP contribution in [-0.4, -0.2) is 23.0 Å². The predicted octanol–water partition coefficient (Wildman–Crippen LogP) is 3.53. The molecule has 0 radical (unpaired) electrons. The van der Waals surface area contributed by atoms with Gasteiger partial charge in [-0.1, -0.05) is 36.5 Å². The van der Waals surface area contributed by atoms with E-state index in [-0.39, 0.29) is 18.0 Å². The molecule has 1 aliphatic rings. The van der Waals surface area contributed by atoms with E-state index in [1.165, 1.54) is 0 Å². The minimum atomic E-state index is -0.239. The molecule has 1 amide bonds. The summed E-state index contributed by atoms with van der Waals surface area (Å²) >= 11 is 12.2. The van der Waals surface area contributed by atoms with E-state index in [1.54, 1.807) is 12.1 Å². The first-order valence-electron chi connectivity index (χ1n) is 7.76. The monoisotopic (exact) mass is 355 g/mol. The van der Waals surface area contributed by atoms with E-state index in [4.69, 9.17) is 27.6 Å². The van der Waals surface area contributed by atoms with Crippen molar-refractivity contribution in [2.24, 2.45) is 5.92 Å². The molecule has 5 nitrogen and oxygen atoms in total. The van der Waals surface area contributed by atoms with E-state index in [2.05, 4.69) is 22.5 Å². The molecule has 0 aliphatic carbocycles. The third kappa shape index (κ3) is 3.32. The number of carbonyl (C=O) groups is 1. The second-order valence-corrected chi connectivity index (χ2v) is 6.76. The number of halogens is 2. The Hall–Kier alpha value is -1.30. The fourth-order valence-corrected chi connectivity index (χ4v) is 3.41. The Morgan fingerprint density at radius 1 is 1.39 bits per heavy atom. The van der Waals surface area contributed by atoms with Crippen LogP contribution in [0.15, 0.2) is 16.5 Å². The molecular formula is C16H19Cl2N3O2. The van der Waals surface area contributed by atoms with Gasteiger partial charge in [0.15, 0.2) is 5.58 Å². The SMILES string of the molecule is CCC1CC(NCc2nc3c(Cl)ccc(Cl)c3o2)C(=O)NC1C. The summed E-state index contributed by atoms with van der Waals surface area (Å²) in [6.07, 6.45) is 1.85. The summed E-state index contributed by atoms with van der Waals surface area (Å²) in [6.45, 7) is 4.54. The maximum atomic E-state index is 12.1. The van der Waals surface area contributed by atoms with Crippen LogP contribution in [0.3, 0.4) is 0 Å². The van der Waals surface area contributed by atoms with Crippen LogP contribution in [0, 0.1) is 5.92 Å². The molecule has 0 saturated carbocycles. The molecule has 3 rings (SSSR count). The largest absolute Gasteiger partial charge is 0.438 e. The number of piperidine rings is 1. The third-order valence-corrected chi connectivity index (χ3v) is 5.05. The molecular weight excluding hydrogens is 337 g/mol. The van der Waals surface area contributed by atoms with Crippen molar-refractivity contribution in [2.45, 2.75) is 45.3 Å². The molecule has 7 heteroatoms. The van der Waals surface area contributed by atoms with Gasteiger partial charge in [0.2, 0.25) is 11.8 Å². The Labute approximate surface area is 144 Å². The highest BCUT2D eigenvalue weighted by atomic mass is 35.5. The van der Waals surface area contributed by atoms with Crippen LogP contribution < -0.4 is 10.6 Å². The molecule has 1 aliphatic heterocycles. The van der Waals surface area contributed by atoms with E-state index in [0.29, 0.717) is 39.5 Å². The van der Waals surface area contributed by atoms with E-state index >= 15 is 0 Å². The molecule has 1 fully saturated rings. The number of carbonyl (C=O) groups excluding carboxylic acids is 1. The van der Waals surface area contributed by atoms with Crippen LogP contribution in [0.1, 0.15) is 32.6 Å². The molecule has 1 aromatic carbocycles. The van der Waals surface area contributed by atoms with Crippen LogP contribution in [0.25, 0.3) is 11.1 Å². The maximum Gasteiger partial charge on any atom is 0.237 e. The topological polar surface area (TPSA) is 67.2 Å². The molecule has 2 heterocycles. The summed E-state index contributed by atoms with van der Waals surface area (Å²) in [4.78, 5) is 16.5. The van der Waals surface area contributed by atoms with Crippen molar-refractivity contribution in [3.63, 3.8) is 0 Å². The fourth-order valence-electron chi connectivity index (χ4n) is 3.03. The first kappa shape index (κ1) is 16.6. The smallest absolute Gasteiger partial charge is 0.237 e. The summed E-state index contributed by atoms with van der Waals surface area (Å²) in [5.74, 6) is 0.960. The number of nitrogens with zero attached hydrogens (tertiary/aromatic N) is 1. The van der Waals surface area contributed by atoms with Crippen LogP contribution in [0.2, 0.25) is 10.0 Å². The van der Waals surface area contributed by atoms with Crippen LogP contribution >= 0.6 is 23.2 Å². The second-order valence-electron chi connectivity index (χ2n) is 5.95. The van der Waals surface area contributed by atoms with Gasteiger partial charge in [0, 0.05) is 6.04 Å². The van der Waals surface area contributed by atoms with E-state index in [0.717, 1.165) is 12.8 Å². The van der Waals surface area contributed by atoms with Gasteiger partial charge in [0.05, 0.1) is 22.6 Å². The zero-order chi connectivity index (χ0) is 16.6. The molecule has 124 valence electrons. The Balaban J connectivity index is 1.72. The number of hydrogen-bond donors (Lipinski definition) is 2. The zero-order valence-corrected chi connectivity index (χ0v) is 14.5. The van der Waals surface area contributed by atoms with Crippen LogP contribution in [0.4, 0.5) is 0 Å². The number of benzene rings is 1. The van der Waals surface area contributed by atoms with Crippen molar-refractivity contribution < 1.29 is 9.21 Å². The minimum absolute atomic E-state index is 0.0226. The molecule has 2 N–H and O–H groups in total. The Kier molecular flexibility index (Phi) is 4.80. The Morgan fingerprint density at radius 2 is 2.13 bits per heavy atom. The average molecular weight is 356 g/mol. The lowest BCUT2D eigenvalue weighted by Gasteiger charge is -2.34. The average Bonchev–Trinajstić information content (AvgIpc) is 2.96. The van der Waals surface area contributed by atoms with Gasteiger partial charge in [0.1, 0.15) is 5.52 Å². The fraction of sp³-hybridized carbons (Fsp3) is 0.500. The van der Waals surface area contributed by atoms with Gasteiger partial charge in [0.25, 0.3) is 0 Å². The number of rotatable bonds is 4. The first-order valence-corrected chi connectivity index (χ1v) is 8.52. The summed E-state index contributed by atoms with van der Waals surface area (Å²) < 4.78 is 5.66. The minimum Gasteiger partial charge on any atom is -0.438 e. The third-order valence-electron chi connectivity index (χ3n) is 4.45. The number of hydrogen-bond acceptors (Lipinski definition) is 4. The molecule has 2 aromatic rings. The van der Waals surface area contributed by atoms with Gasteiger partial charge >= 0.3 is 0 Å². The van der Waals surface area contributed by atoms with Crippen molar-refractivity contribution in [1.29, 1.82) is 0 Å². The highest BCUT2D eigenvalue weighted by Crippen LogP contribution is 2.30. The van der Waals surface area contributed by atoms with Gasteiger partial charge in [-0.3, -0.25) is 10.1 Å². The first-order chi connectivity index (χ1) is 11.0. The Morgan fingerprint density at radius 3 is 2.83 bits per heavy atom.